The summed E-state index contributed by atoms with van der Waals surface area (Å²) in [5.74, 6) is 0.189. The molecule has 0 saturated carbocycles. The lowest BCUT2D eigenvalue weighted by molar-refractivity contribution is -0.129. The Kier molecular flexibility index (Phi) is 8.70. The molecule has 8 heteroatoms. The molecule has 1 atom stereocenters. The average molecular weight is 342 g/mol. The second kappa shape index (κ2) is 10.2. The van der Waals surface area contributed by atoms with Crippen LogP contribution in [0.5, 0.6) is 0 Å². The number of nitrogens with zero attached hydrogens (tertiary/aromatic N) is 3. The van der Waals surface area contributed by atoms with Gasteiger partial charge in [0.05, 0.1) is 12.6 Å². The molecule has 0 bridgehead atoms. The third kappa shape index (κ3) is 6.84. The summed E-state index contributed by atoms with van der Waals surface area (Å²) in [5.41, 5.74) is 0. The Bertz CT molecular complexity index is 430. The van der Waals surface area contributed by atoms with Crippen LogP contribution in [-0.4, -0.2) is 96.5 Å². The highest BCUT2D eigenvalue weighted by Gasteiger charge is 2.32. The maximum atomic E-state index is 12.1. The van der Waals surface area contributed by atoms with E-state index >= 15 is 0 Å². The topological polar surface area (TPSA) is 93.2 Å². The van der Waals surface area contributed by atoms with E-state index in [4.69, 9.17) is 9.90 Å². The third-order valence-electron chi connectivity index (χ3n) is 4.33. The Morgan fingerprint density at radius 2 is 2.00 bits per heavy atom. The number of likely N-dealkylation sites (N-methyl/N-ethyl adjacent to an activating group) is 1. The van der Waals surface area contributed by atoms with E-state index in [1.807, 2.05) is 18.7 Å². The van der Waals surface area contributed by atoms with Crippen molar-refractivity contribution in [1.82, 2.24) is 20.0 Å². The zero-order valence-electron chi connectivity index (χ0n) is 14.9. The van der Waals surface area contributed by atoms with Crippen molar-refractivity contribution in [3.63, 3.8) is 0 Å². The normalized spacial score (nSPS) is 22.8. The molecule has 2 fully saturated rings. The van der Waals surface area contributed by atoms with E-state index in [1.165, 1.54) is 0 Å². The van der Waals surface area contributed by atoms with Gasteiger partial charge in [0.1, 0.15) is 0 Å². The van der Waals surface area contributed by atoms with Crippen molar-refractivity contribution in [3.8, 4) is 0 Å². The minimum atomic E-state index is -0.250. The molecule has 2 aliphatic heterocycles. The summed E-state index contributed by atoms with van der Waals surface area (Å²) in [7, 11) is 2.12. The predicted octanol–water partition coefficient (Wildman–Crippen LogP) is -0.550. The van der Waals surface area contributed by atoms with Gasteiger partial charge in [-0.25, -0.2) is 0 Å². The van der Waals surface area contributed by atoms with Crippen molar-refractivity contribution in [2.75, 3.05) is 46.3 Å². The monoisotopic (exact) mass is 342 g/mol. The molecule has 2 aliphatic rings. The molecule has 0 aromatic heterocycles. The molecule has 0 aromatic carbocycles. The number of rotatable bonds is 4. The van der Waals surface area contributed by atoms with Crippen molar-refractivity contribution < 1.29 is 19.5 Å². The van der Waals surface area contributed by atoms with Crippen molar-refractivity contribution in [1.29, 1.82) is 0 Å². The highest BCUT2D eigenvalue weighted by Crippen LogP contribution is 2.14. The van der Waals surface area contributed by atoms with Gasteiger partial charge >= 0.3 is 0 Å². The number of likely N-dealkylation sites (tertiary alicyclic amines) is 1. The van der Waals surface area contributed by atoms with Crippen LogP contribution in [0.2, 0.25) is 0 Å². The molecule has 8 nitrogen and oxygen atoms in total. The van der Waals surface area contributed by atoms with Gasteiger partial charge in [-0.2, -0.15) is 0 Å². The number of hydrogen-bond donors (Lipinski definition) is 2. The molecule has 24 heavy (non-hydrogen) atoms. The van der Waals surface area contributed by atoms with Crippen LogP contribution >= 0.6 is 0 Å². The molecule has 1 unspecified atom stereocenters. The SMILES string of the molecule is CC(C)N1CC(NC(=O)CN2CCCN(C)CC2)CC1=O.O=CO. The number of carbonyl (C=O) groups is 3. The highest BCUT2D eigenvalue weighted by atomic mass is 16.3. The number of amides is 2. The van der Waals surface area contributed by atoms with Crippen LogP contribution in [0.1, 0.15) is 26.7 Å². The van der Waals surface area contributed by atoms with Gasteiger partial charge in [-0.3, -0.25) is 19.3 Å². The second-order valence-electron chi connectivity index (χ2n) is 6.65. The zero-order valence-corrected chi connectivity index (χ0v) is 14.9. The molecule has 2 saturated heterocycles. The standard InChI is InChI=1S/C15H28N4O2.CH2O2/c1-12(2)19-10-13(9-15(19)21)16-14(20)11-18-6-4-5-17(3)7-8-18;2-1-3/h12-13H,4-11H2,1-3H3,(H,16,20);1H,(H,2,3). The molecule has 2 N–H and O–H groups in total. The summed E-state index contributed by atoms with van der Waals surface area (Å²) in [5, 5.41) is 9.91. The second-order valence-corrected chi connectivity index (χ2v) is 6.65. The number of hydrogen-bond acceptors (Lipinski definition) is 5. The lowest BCUT2D eigenvalue weighted by Crippen LogP contribution is -2.44. The van der Waals surface area contributed by atoms with Crippen LogP contribution < -0.4 is 5.32 Å². The average Bonchev–Trinajstić information content (AvgIpc) is 2.73. The fourth-order valence-electron chi connectivity index (χ4n) is 3.06. The summed E-state index contributed by atoms with van der Waals surface area (Å²) < 4.78 is 0. The molecule has 2 heterocycles. The summed E-state index contributed by atoms with van der Waals surface area (Å²) in [6.07, 6.45) is 1.54. The van der Waals surface area contributed by atoms with Crippen LogP contribution in [0.15, 0.2) is 0 Å². The molecule has 0 radical (unpaired) electrons. The molecular formula is C16H30N4O4. The lowest BCUT2D eigenvalue weighted by Gasteiger charge is -2.22. The Morgan fingerprint density at radius 3 is 2.58 bits per heavy atom. The summed E-state index contributed by atoms with van der Waals surface area (Å²) in [6.45, 7) is 8.87. The maximum absolute atomic E-state index is 12.1. The Hall–Kier alpha value is -1.67. The van der Waals surface area contributed by atoms with E-state index in [2.05, 4.69) is 22.2 Å². The first-order valence-electron chi connectivity index (χ1n) is 8.45. The number of carboxylic acid groups (broad SMARTS) is 1. The minimum absolute atomic E-state index is 0.0259. The van der Waals surface area contributed by atoms with Gasteiger partial charge < -0.3 is 20.2 Å². The summed E-state index contributed by atoms with van der Waals surface area (Å²) in [4.78, 5) is 38.7. The highest BCUT2D eigenvalue weighted by molar-refractivity contribution is 5.83. The van der Waals surface area contributed by atoms with Gasteiger partial charge in [0.2, 0.25) is 11.8 Å². The fourth-order valence-corrected chi connectivity index (χ4v) is 3.06. The zero-order chi connectivity index (χ0) is 18.1. The Balaban J connectivity index is 0.000000891. The lowest BCUT2D eigenvalue weighted by atomic mass is 10.2. The van der Waals surface area contributed by atoms with Crippen LogP contribution in [-0.2, 0) is 14.4 Å². The van der Waals surface area contributed by atoms with Gasteiger partial charge in [0.25, 0.3) is 6.47 Å². The molecule has 0 spiro atoms. The van der Waals surface area contributed by atoms with E-state index in [0.717, 1.165) is 32.6 Å². The van der Waals surface area contributed by atoms with Gasteiger partial charge in [0, 0.05) is 32.1 Å². The molecule has 2 amide bonds. The van der Waals surface area contributed by atoms with Crippen molar-refractivity contribution in [2.45, 2.75) is 38.8 Å². The molecule has 0 aliphatic carbocycles. The van der Waals surface area contributed by atoms with E-state index in [9.17, 15) is 9.59 Å². The largest absolute Gasteiger partial charge is 0.483 e. The first kappa shape index (κ1) is 20.4. The third-order valence-corrected chi connectivity index (χ3v) is 4.33. The predicted molar refractivity (Wildman–Crippen MR) is 90.6 cm³/mol. The van der Waals surface area contributed by atoms with Crippen LogP contribution in [0.4, 0.5) is 0 Å². The van der Waals surface area contributed by atoms with Crippen molar-refractivity contribution in [2.24, 2.45) is 0 Å². The van der Waals surface area contributed by atoms with Crippen LogP contribution in [0.25, 0.3) is 0 Å². The van der Waals surface area contributed by atoms with E-state index < -0.39 is 0 Å². The molecule has 0 aromatic rings. The van der Waals surface area contributed by atoms with Crippen molar-refractivity contribution in [3.05, 3.63) is 0 Å². The summed E-state index contributed by atoms with van der Waals surface area (Å²) >= 11 is 0. The maximum Gasteiger partial charge on any atom is 0.290 e. The first-order chi connectivity index (χ1) is 11.4. The smallest absolute Gasteiger partial charge is 0.290 e. The van der Waals surface area contributed by atoms with Crippen LogP contribution in [0, 0.1) is 0 Å². The Labute approximate surface area is 143 Å². The van der Waals surface area contributed by atoms with E-state index in [0.29, 0.717) is 19.5 Å². The van der Waals surface area contributed by atoms with E-state index in [-0.39, 0.29) is 30.4 Å². The molecule has 138 valence electrons. The fraction of sp³-hybridized carbons (Fsp3) is 0.812. The van der Waals surface area contributed by atoms with Crippen LogP contribution in [0.3, 0.4) is 0 Å². The number of carbonyl (C=O) groups excluding carboxylic acids is 2. The first-order valence-corrected chi connectivity index (χ1v) is 8.45. The summed E-state index contributed by atoms with van der Waals surface area (Å²) in [6, 6.07) is 0.183. The van der Waals surface area contributed by atoms with Gasteiger partial charge in [-0.15, -0.1) is 0 Å². The molecule has 2 rings (SSSR count). The molecular weight excluding hydrogens is 312 g/mol. The number of nitrogens with one attached hydrogen (secondary N) is 1. The van der Waals surface area contributed by atoms with Gasteiger partial charge in [-0.1, -0.05) is 0 Å². The Morgan fingerprint density at radius 1 is 1.33 bits per heavy atom. The van der Waals surface area contributed by atoms with Gasteiger partial charge in [0.15, 0.2) is 0 Å². The minimum Gasteiger partial charge on any atom is -0.483 e. The van der Waals surface area contributed by atoms with Gasteiger partial charge in [-0.05, 0) is 40.4 Å². The van der Waals surface area contributed by atoms with E-state index in [1.54, 1.807) is 0 Å². The van der Waals surface area contributed by atoms with Crippen molar-refractivity contribution >= 4 is 18.3 Å². The quantitative estimate of drug-likeness (QED) is 0.666.